The monoisotopic (exact) mass is 225 g/mol. The van der Waals surface area contributed by atoms with E-state index in [1.54, 1.807) is 0 Å². The number of rotatable bonds is 1. The first-order chi connectivity index (χ1) is 7.75. The highest BCUT2D eigenvalue weighted by molar-refractivity contribution is 5.00. The molecule has 90 valence electrons. The zero-order chi connectivity index (χ0) is 12.0. The van der Waals surface area contributed by atoms with E-state index in [1.165, 1.54) is 12.4 Å². The maximum atomic E-state index is 12.6. The minimum absolute atomic E-state index is 0.360. The van der Waals surface area contributed by atoms with Gasteiger partial charge in [-0.25, -0.2) is 14.4 Å². The normalized spacial score (nSPS) is 17.8. The summed E-state index contributed by atoms with van der Waals surface area (Å²) in [6, 6.07) is 0. The number of hydrogen-bond donors (Lipinski definition) is 0. The third kappa shape index (κ3) is 3.52. The van der Waals surface area contributed by atoms with Crippen LogP contribution in [0.25, 0.3) is 0 Å². The topological polar surface area (TPSA) is 29.0 Å². The fourth-order valence-electron chi connectivity index (χ4n) is 1.80. The summed E-state index contributed by atoms with van der Waals surface area (Å²) in [4.78, 5) is 10.3. The van der Waals surface area contributed by atoms with Gasteiger partial charge in [0.25, 0.3) is 0 Å². The van der Waals surface area contributed by atoms with Crippen LogP contribution in [0.1, 0.15) is 38.4 Å². The second-order valence-electron chi connectivity index (χ2n) is 3.84. The Morgan fingerprint density at radius 3 is 2.19 bits per heavy atom. The molecule has 16 heavy (non-hydrogen) atoms. The first-order valence-electron chi connectivity index (χ1n) is 5.91. The van der Waals surface area contributed by atoms with Gasteiger partial charge in [-0.2, -0.15) is 0 Å². The zero-order valence-electron chi connectivity index (χ0n) is 10.3. The molecule has 2 rings (SSSR count). The largest absolute Gasteiger partial charge is 0.306 e. The Hall–Kier alpha value is -1.03. The van der Waals surface area contributed by atoms with Crippen LogP contribution < -0.4 is 0 Å². The molecular formula is C12H20FN3. The number of nitrogens with zero attached hydrogens (tertiary/aromatic N) is 3. The van der Waals surface area contributed by atoms with E-state index in [1.807, 2.05) is 13.8 Å². The van der Waals surface area contributed by atoms with E-state index in [2.05, 4.69) is 21.9 Å². The van der Waals surface area contributed by atoms with Crippen molar-refractivity contribution in [1.29, 1.82) is 0 Å². The molecule has 4 heteroatoms. The van der Waals surface area contributed by atoms with Gasteiger partial charge in [0.05, 0.1) is 12.4 Å². The average Bonchev–Trinajstić information content (AvgIpc) is 2.34. The first-order valence-corrected chi connectivity index (χ1v) is 5.91. The van der Waals surface area contributed by atoms with Crippen molar-refractivity contribution >= 4 is 0 Å². The van der Waals surface area contributed by atoms with E-state index in [0.717, 1.165) is 31.8 Å². The van der Waals surface area contributed by atoms with Gasteiger partial charge in [0.1, 0.15) is 5.82 Å². The smallest absolute Gasteiger partial charge is 0.159 e. The van der Waals surface area contributed by atoms with Crippen molar-refractivity contribution in [3.05, 3.63) is 24.0 Å². The van der Waals surface area contributed by atoms with E-state index < -0.39 is 0 Å². The summed E-state index contributed by atoms with van der Waals surface area (Å²) in [6.45, 7) is 6.15. The third-order valence-electron chi connectivity index (χ3n) is 2.72. The predicted octanol–water partition coefficient (Wildman–Crippen LogP) is 2.45. The number of likely N-dealkylation sites (tertiary alicyclic amines) is 1. The fraction of sp³-hybridized carbons (Fsp3) is 0.667. The number of halogens is 1. The van der Waals surface area contributed by atoms with Crippen molar-refractivity contribution in [2.75, 3.05) is 20.1 Å². The minimum Gasteiger partial charge on any atom is -0.306 e. The molecule has 0 amide bonds. The van der Waals surface area contributed by atoms with Crippen LogP contribution in [0.2, 0.25) is 0 Å². The molecule has 0 aromatic carbocycles. The van der Waals surface area contributed by atoms with E-state index in [4.69, 9.17) is 0 Å². The van der Waals surface area contributed by atoms with Crippen LogP contribution in [0.4, 0.5) is 4.39 Å². The van der Waals surface area contributed by atoms with Crippen molar-refractivity contribution in [3.8, 4) is 0 Å². The second kappa shape index (κ2) is 6.53. The van der Waals surface area contributed by atoms with Crippen LogP contribution in [0, 0.1) is 5.82 Å². The van der Waals surface area contributed by atoms with Gasteiger partial charge in [-0.05, 0) is 33.0 Å². The van der Waals surface area contributed by atoms with Crippen molar-refractivity contribution in [1.82, 2.24) is 14.9 Å². The van der Waals surface area contributed by atoms with Gasteiger partial charge in [-0.15, -0.1) is 0 Å². The summed E-state index contributed by atoms with van der Waals surface area (Å²) in [5.41, 5.74) is 0. The van der Waals surface area contributed by atoms with Crippen molar-refractivity contribution in [3.63, 3.8) is 0 Å². The molecule has 0 N–H and O–H groups in total. The Morgan fingerprint density at radius 1 is 1.19 bits per heavy atom. The van der Waals surface area contributed by atoms with Crippen LogP contribution in [0.15, 0.2) is 12.4 Å². The highest BCUT2D eigenvalue weighted by Crippen LogP contribution is 2.24. The molecule has 1 aromatic rings. The maximum absolute atomic E-state index is 12.6. The summed E-state index contributed by atoms with van der Waals surface area (Å²) in [7, 11) is 2.11. The van der Waals surface area contributed by atoms with Crippen LogP contribution in [-0.4, -0.2) is 35.0 Å². The van der Waals surface area contributed by atoms with Gasteiger partial charge in [0.15, 0.2) is 5.82 Å². The SMILES string of the molecule is CC.CN1CCC(c2ncc(F)cn2)CC1. The Bertz CT molecular complexity index is 292. The molecule has 0 unspecified atom stereocenters. The Balaban J connectivity index is 0.000000606. The Kier molecular flexibility index (Phi) is 5.32. The molecule has 0 saturated carbocycles. The summed E-state index contributed by atoms with van der Waals surface area (Å²) >= 11 is 0. The lowest BCUT2D eigenvalue weighted by molar-refractivity contribution is 0.251. The number of piperidine rings is 1. The second-order valence-corrected chi connectivity index (χ2v) is 3.84. The summed E-state index contributed by atoms with van der Waals surface area (Å²) in [5, 5.41) is 0. The molecule has 1 aliphatic heterocycles. The van der Waals surface area contributed by atoms with Gasteiger partial charge in [-0.3, -0.25) is 0 Å². The molecule has 0 atom stereocenters. The maximum Gasteiger partial charge on any atom is 0.159 e. The molecular weight excluding hydrogens is 205 g/mol. The average molecular weight is 225 g/mol. The van der Waals surface area contributed by atoms with Crippen LogP contribution in [-0.2, 0) is 0 Å². The highest BCUT2D eigenvalue weighted by atomic mass is 19.1. The van der Waals surface area contributed by atoms with Crippen LogP contribution in [0.5, 0.6) is 0 Å². The molecule has 3 nitrogen and oxygen atoms in total. The van der Waals surface area contributed by atoms with Gasteiger partial charge < -0.3 is 4.90 Å². The zero-order valence-corrected chi connectivity index (χ0v) is 10.3. The van der Waals surface area contributed by atoms with Crippen molar-refractivity contribution < 1.29 is 4.39 Å². The standard InChI is InChI=1S/C10H14FN3.C2H6/c1-14-4-2-8(3-5-14)10-12-6-9(11)7-13-10;1-2/h6-8H,2-5H2,1H3;1-2H3. The molecule has 1 aromatic heterocycles. The Labute approximate surface area is 96.7 Å². The summed E-state index contributed by atoms with van der Waals surface area (Å²) in [6.07, 6.45) is 4.64. The van der Waals surface area contributed by atoms with Gasteiger partial charge >= 0.3 is 0 Å². The van der Waals surface area contributed by atoms with Crippen LogP contribution >= 0.6 is 0 Å². The molecule has 0 aliphatic carbocycles. The lowest BCUT2D eigenvalue weighted by Crippen LogP contribution is -2.29. The van der Waals surface area contributed by atoms with Crippen molar-refractivity contribution in [2.45, 2.75) is 32.6 Å². The van der Waals surface area contributed by atoms with E-state index in [0.29, 0.717) is 5.92 Å². The van der Waals surface area contributed by atoms with E-state index >= 15 is 0 Å². The lowest BCUT2D eigenvalue weighted by atomic mass is 9.96. The van der Waals surface area contributed by atoms with E-state index in [9.17, 15) is 4.39 Å². The van der Waals surface area contributed by atoms with Gasteiger partial charge in [0.2, 0.25) is 0 Å². The summed E-state index contributed by atoms with van der Waals surface area (Å²) < 4.78 is 12.6. The predicted molar refractivity (Wildman–Crippen MR) is 62.8 cm³/mol. The third-order valence-corrected chi connectivity index (χ3v) is 2.72. The Morgan fingerprint density at radius 2 is 1.69 bits per heavy atom. The molecule has 1 aliphatic rings. The quantitative estimate of drug-likeness (QED) is 0.735. The molecule has 1 fully saturated rings. The lowest BCUT2D eigenvalue weighted by Gasteiger charge is -2.27. The fourth-order valence-corrected chi connectivity index (χ4v) is 1.80. The van der Waals surface area contributed by atoms with Crippen LogP contribution in [0.3, 0.4) is 0 Å². The molecule has 1 saturated heterocycles. The molecule has 0 bridgehead atoms. The minimum atomic E-state index is -0.360. The number of aromatic nitrogens is 2. The van der Waals surface area contributed by atoms with E-state index in [-0.39, 0.29) is 5.82 Å². The number of hydrogen-bond acceptors (Lipinski definition) is 3. The van der Waals surface area contributed by atoms with Gasteiger partial charge in [-0.1, -0.05) is 13.8 Å². The molecule has 2 heterocycles. The summed E-state index contributed by atoms with van der Waals surface area (Å²) in [5.74, 6) is 0.841. The van der Waals surface area contributed by atoms with Crippen molar-refractivity contribution in [2.24, 2.45) is 0 Å². The molecule has 0 spiro atoms. The molecule has 0 radical (unpaired) electrons. The first kappa shape index (κ1) is 13.0. The van der Waals surface area contributed by atoms with Gasteiger partial charge in [0, 0.05) is 5.92 Å². The highest BCUT2D eigenvalue weighted by Gasteiger charge is 2.20.